The van der Waals surface area contributed by atoms with Gasteiger partial charge in [0.1, 0.15) is 18.3 Å². The third kappa shape index (κ3) is 31.1. The number of hydrogen-bond donors (Lipinski definition) is 6. The average Bonchev–Trinajstić information content (AvgIpc) is 3.22. The minimum atomic E-state index is -1.30. The van der Waals surface area contributed by atoms with Gasteiger partial charge in [-0.15, -0.1) is 0 Å². The number of aliphatic hydroxyl groups is 5. The Labute approximate surface area is 358 Å². The Morgan fingerprint density at radius 3 is 1.22 bits per heavy atom. The molecular formula is C50H99NO7. The van der Waals surface area contributed by atoms with E-state index >= 15 is 0 Å². The van der Waals surface area contributed by atoms with Crippen molar-refractivity contribution in [2.45, 2.75) is 307 Å². The zero-order valence-electron chi connectivity index (χ0n) is 38.4. The molecule has 1 aliphatic carbocycles. The molecule has 0 bridgehead atoms. The summed E-state index contributed by atoms with van der Waals surface area (Å²) in [5.41, 5.74) is 0. The molecular weight excluding hydrogens is 727 g/mol. The first-order chi connectivity index (χ1) is 28.3. The topological polar surface area (TPSA) is 139 Å². The zero-order chi connectivity index (χ0) is 42.3. The minimum Gasteiger partial charge on any atom is -0.390 e. The van der Waals surface area contributed by atoms with Crippen molar-refractivity contribution in [3.8, 4) is 0 Å². The highest BCUT2D eigenvalue weighted by Gasteiger charge is 2.38. The van der Waals surface area contributed by atoms with Gasteiger partial charge >= 0.3 is 0 Å². The molecule has 0 aromatic heterocycles. The summed E-state index contributed by atoms with van der Waals surface area (Å²) in [6, 6.07) is -0.833. The minimum absolute atomic E-state index is 0.0909. The molecule has 0 heterocycles. The molecule has 1 amide bonds. The molecule has 58 heavy (non-hydrogen) atoms. The van der Waals surface area contributed by atoms with Crippen molar-refractivity contribution in [2.24, 2.45) is 0 Å². The fourth-order valence-electron chi connectivity index (χ4n) is 8.74. The van der Waals surface area contributed by atoms with E-state index in [-0.39, 0.29) is 12.5 Å². The Hall–Kier alpha value is -0.770. The summed E-state index contributed by atoms with van der Waals surface area (Å²) < 4.78 is 5.91. The number of rotatable bonds is 43. The Morgan fingerprint density at radius 1 is 0.500 bits per heavy atom. The monoisotopic (exact) mass is 826 g/mol. The number of nitrogens with one attached hydrogen (secondary N) is 1. The van der Waals surface area contributed by atoms with Gasteiger partial charge in [-0.3, -0.25) is 4.79 Å². The second-order valence-electron chi connectivity index (χ2n) is 18.4. The van der Waals surface area contributed by atoms with Crippen molar-refractivity contribution in [3.63, 3.8) is 0 Å². The molecule has 0 aliphatic heterocycles. The first-order valence-electron chi connectivity index (χ1n) is 25.6. The maximum atomic E-state index is 13.0. The first kappa shape index (κ1) is 55.2. The van der Waals surface area contributed by atoms with Crippen molar-refractivity contribution in [2.75, 3.05) is 6.61 Å². The number of unbranched alkanes of at least 4 members (excludes halogenated alkanes) is 33. The molecule has 346 valence electrons. The molecule has 1 saturated carbocycles. The molecule has 1 aliphatic rings. The second-order valence-corrected chi connectivity index (χ2v) is 18.4. The van der Waals surface area contributed by atoms with Gasteiger partial charge in [0.15, 0.2) is 0 Å². The predicted molar refractivity (Wildman–Crippen MR) is 243 cm³/mol. The van der Waals surface area contributed by atoms with Crippen molar-refractivity contribution in [1.82, 2.24) is 5.32 Å². The highest BCUT2D eigenvalue weighted by Crippen LogP contribution is 2.24. The number of ether oxygens (including phenoxy) is 1. The van der Waals surface area contributed by atoms with E-state index in [2.05, 4.69) is 19.2 Å². The molecule has 0 spiro atoms. The van der Waals surface area contributed by atoms with E-state index in [4.69, 9.17) is 4.74 Å². The van der Waals surface area contributed by atoms with Crippen LogP contribution in [-0.2, 0) is 9.53 Å². The molecule has 7 atom stereocenters. The Morgan fingerprint density at radius 2 is 0.845 bits per heavy atom. The molecule has 0 aromatic rings. The van der Waals surface area contributed by atoms with Gasteiger partial charge in [-0.1, -0.05) is 232 Å². The van der Waals surface area contributed by atoms with Crippen LogP contribution in [0.15, 0.2) is 0 Å². The summed E-state index contributed by atoms with van der Waals surface area (Å²) >= 11 is 0. The molecule has 1 unspecified atom stereocenters. The Kier molecular flexibility index (Phi) is 38.4. The second kappa shape index (κ2) is 40.3. The summed E-state index contributed by atoms with van der Waals surface area (Å²) in [5.74, 6) is -0.173. The van der Waals surface area contributed by atoms with Crippen LogP contribution < -0.4 is 5.32 Å². The van der Waals surface area contributed by atoms with Crippen LogP contribution in [0.5, 0.6) is 0 Å². The maximum absolute atomic E-state index is 13.0. The lowest BCUT2D eigenvalue weighted by atomic mass is 9.89. The maximum Gasteiger partial charge on any atom is 0.220 e. The summed E-state index contributed by atoms with van der Waals surface area (Å²) in [5, 5.41) is 55.5. The SMILES string of the molecule is CCCCCCCCCCCCCCCCCCCCCCCCCC(=O)N[C@@H](CO[C@H]1CC[C@H](O)[C@H](O)C1O)[C@H](O)[C@H](O)CCCCCCCCCCCCCC. The van der Waals surface area contributed by atoms with Crippen LogP contribution in [0, 0.1) is 0 Å². The first-order valence-corrected chi connectivity index (χ1v) is 25.6. The van der Waals surface area contributed by atoms with E-state index in [9.17, 15) is 30.3 Å². The normalized spacial score (nSPS) is 20.0. The Balaban J connectivity index is 2.19. The standard InChI is InChI=1S/C50H99NO7/c1-3-5-7-9-11-13-15-17-18-19-20-21-22-23-24-25-26-27-29-31-33-35-37-39-47(54)51-43(42-58-46-41-40-45(53)49(56)50(46)57)48(55)44(52)38-36-34-32-30-28-16-14-12-10-8-6-4-2/h43-46,48-50,52-53,55-57H,3-42H2,1-2H3,(H,51,54)/t43-,44+,45-,46-,48-,49-,50?/m0/s1. The van der Waals surface area contributed by atoms with Gasteiger partial charge in [0.2, 0.25) is 5.91 Å². The molecule has 1 fully saturated rings. The molecule has 0 saturated heterocycles. The number of amides is 1. The van der Waals surface area contributed by atoms with Gasteiger partial charge in [0.25, 0.3) is 0 Å². The van der Waals surface area contributed by atoms with Gasteiger partial charge in [-0.2, -0.15) is 0 Å². The quantitative estimate of drug-likeness (QED) is 0.0336. The third-order valence-corrected chi connectivity index (χ3v) is 12.9. The fraction of sp³-hybridized carbons (Fsp3) is 0.980. The number of carbonyl (C=O) groups excluding carboxylic acids is 1. The number of aliphatic hydroxyl groups excluding tert-OH is 5. The molecule has 8 nitrogen and oxygen atoms in total. The zero-order valence-corrected chi connectivity index (χ0v) is 38.4. The van der Waals surface area contributed by atoms with E-state index < -0.39 is 42.7 Å². The lowest BCUT2D eigenvalue weighted by molar-refractivity contribution is -0.160. The van der Waals surface area contributed by atoms with E-state index in [0.717, 1.165) is 38.5 Å². The van der Waals surface area contributed by atoms with Gasteiger partial charge in [-0.05, 0) is 25.7 Å². The third-order valence-electron chi connectivity index (χ3n) is 12.9. The summed E-state index contributed by atoms with van der Waals surface area (Å²) in [4.78, 5) is 13.0. The number of hydrogen-bond acceptors (Lipinski definition) is 7. The summed E-state index contributed by atoms with van der Waals surface area (Å²) in [6.45, 7) is 4.45. The van der Waals surface area contributed by atoms with Crippen LogP contribution in [0.25, 0.3) is 0 Å². The van der Waals surface area contributed by atoms with Crippen LogP contribution in [-0.4, -0.2) is 80.7 Å². The molecule has 8 heteroatoms. The van der Waals surface area contributed by atoms with Gasteiger partial charge in [0.05, 0.1) is 31.0 Å². The van der Waals surface area contributed by atoms with Crippen LogP contribution in [0.3, 0.4) is 0 Å². The highest BCUT2D eigenvalue weighted by molar-refractivity contribution is 5.76. The highest BCUT2D eigenvalue weighted by atomic mass is 16.5. The molecule has 6 N–H and O–H groups in total. The van der Waals surface area contributed by atoms with Crippen LogP contribution in [0.1, 0.15) is 264 Å². The van der Waals surface area contributed by atoms with Gasteiger partial charge < -0.3 is 35.6 Å². The molecule has 0 aromatic carbocycles. The van der Waals surface area contributed by atoms with Crippen molar-refractivity contribution in [3.05, 3.63) is 0 Å². The summed E-state index contributed by atoms with van der Waals surface area (Å²) in [7, 11) is 0. The van der Waals surface area contributed by atoms with Crippen molar-refractivity contribution >= 4 is 5.91 Å². The van der Waals surface area contributed by atoms with E-state index in [1.165, 1.54) is 186 Å². The predicted octanol–water partition coefficient (Wildman–Crippen LogP) is 11.9. The smallest absolute Gasteiger partial charge is 0.220 e. The lowest BCUT2D eigenvalue weighted by Crippen LogP contribution is -2.54. The lowest BCUT2D eigenvalue weighted by Gasteiger charge is -2.36. The van der Waals surface area contributed by atoms with Gasteiger partial charge in [0, 0.05) is 6.42 Å². The Bertz CT molecular complexity index is 877. The molecule has 0 radical (unpaired) electrons. The van der Waals surface area contributed by atoms with Crippen molar-refractivity contribution in [1.29, 1.82) is 0 Å². The van der Waals surface area contributed by atoms with E-state index in [0.29, 0.717) is 25.7 Å². The van der Waals surface area contributed by atoms with Gasteiger partial charge in [-0.25, -0.2) is 0 Å². The van der Waals surface area contributed by atoms with E-state index in [1.54, 1.807) is 0 Å². The van der Waals surface area contributed by atoms with Crippen molar-refractivity contribution < 1.29 is 35.1 Å². The largest absolute Gasteiger partial charge is 0.390 e. The fourth-order valence-corrected chi connectivity index (χ4v) is 8.74. The van der Waals surface area contributed by atoms with Crippen LogP contribution >= 0.6 is 0 Å². The van der Waals surface area contributed by atoms with Crippen LogP contribution in [0.4, 0.5) is 0 Å². The summed E-state index contributed by atoms with van der Waals surface area (Å²) in [6.07, 6.45) is 40.2. The average molecular weight is 826 g/mol. The number of carbonyl (C=O) groups is 1. The molecule has 1 rings (SSSR count). The van der Waals surface area contributed by atoms with Crippen LogP contribution in [0.2, 0.25) is 0 Å². The van der Waals surface area contributed by atoms with E-state index in [1.807, 2.05) is 0 Å².